The predicted octanol–water partition coefficient (Wildman–Crippen LogP) is 0.293. The van der Waals surface area contributed by atoms with E-state index in [9.17, 15) is 14.4 Å². The highest BCUT2D eigenvalue weighted by Crippen LogP contribution is 2.14. The zero-order chi connectivity index (χ0) is 16.1. The molecule has 4 amide bonds. The van der Waals surface area contributed by atoms with Crippen molar-refractivity contribution in [3.8, 4) is 0 Å². The van der Waals surface area contributed by atoms with Gasteiger partial charge in [-0.3, -0.25) is 19.8 Å². The highest BCUT2D eigenvalue weighted by molar-refractivity contribution is 6.30. The number of carbonyl (C=O) groups is 3. The van der Waals surface area contributed by atoms with Crippen LogP contribution in [0.1, 0.15) is 10.4 Å². The maximum atomic E-state index is 12.3. The van der Waals surface area contributed by atoms with Gasteiger partial charge in [0, 0.05) is 36.8 Å². The first-order valence-corrected chi connectivity index (χ1v) is 7.20. The smallest absolute Gasteiger partial charge is 0.318 e. The zero-order valence-corrected chi connectivity index (χ0v) is 12.7. The van der Waals surface area contributed by atoms with Crippen molar-refractivity contribution in [3.05, 3.63) is 34.9 Å². The first-order chi connectivity index (χ1) is 10.5. The second kappa shape index (κ2) is 7.24. The van der Waals surface area contributed by atoms with Crippen LogP contribution < -0.4 is 11.1 Å². The molecule has 1 heterocycles. The van der Waals surface area contributed by atoms with Crippen molar-refractivity contribution < 1.29 is 14.4 Å². The number of amides is 4. The van der Waals surface area contributed by atoms with Crippen molar-refractivity contribution in [2.24, 2.45) is 5.73 Å². The number of imide groups is 1. The number of nitrogens with zero attached hydrogens (tertiary/aromatic N) is 2. The van der Waals surface area contributed by atoms with Crippen molar-refractivity contribution in [2.45, 2.75) is 0 Å². The molecule has 0 radical (unpaired) electrons. The summed E-state index contributed by atoms with van der Waals surface area (Å²) in [5.74, 6) is -0.522. The molecule has 1 aromatic rings. The molecule has 118 valence electrons. The number of nitrogens with one attached hydrogen (secondary N) is 1. The van der Waals surface area contributed by atoms with E-state index in [1.54, 1.807) is 29.2 Å². The summed E-state index contributed by atoms with van der Waals surface area (Å²) in [6, 6.07) is 5.95. The number of rotatable bonds is 3. The topological polar surface area (TPSA) is 95.7 Å². The fraction of sp³-hybridized carbons (Fsp3) is 0.357. The normalized spacial score (nSPS) is 15.4. The number of carbonyl (C=O) groups excluding carboxylic acids is 3. The Balaban J connectivity index is 1.85. The van der Waals surface area contributed by atoms with Crippen molar-refractivity contribution in [1.29, 1.82) is 0 Å². The first kappa shape index (κ1) is 16.3. The van der Waals surface area contributed by atoms with E-state index < -0.39 is 11.9 Å². The summed E-state index contributed by atoms with van der Waals surface area (Å²) < 4.78 is 0. The molecule has 22 heavy (non-hydrogen) atoms. The molecule has 1 aliphatic heterocycles. The van der Waals surface area contributed by atoms with Gasteiger partial charge in [0.25, 0.3) is 5.91 Å². The first-order valence-electron chi connectivity index (χ1n) is 6.82. The van der Waals surface area contributed by atoms with Gasteiger partial charge in [0.05, 0.1) is 6.54 Å². The average Bonchev–Trinajstić information content (AvgIpc) is 2.46. The lowest BCUT2D eigenvalue weighted by molar-refractivity contribution is -0.121. The van der Waals surface area contributed by atoms with Gasteiger partial charge in [-0.15, -0.1) is 0 Å². The number of hydrogen-bond donors (Lipinski definition) is 2. The Morgan fingerprint density at radius 2 is 1.86 bits per heavy atom. The Morgan fingerprint density at radius 3 is 2.45 bits per heavy atom. The van der Waals surface area contributed by atoms with Gasteiger partial charge < -0.3 is 10.6 Å². The summed E-state index contributed by atoms with van der Waals surface area (Å²) in [5.41, 5.74) is 5.43. The van der Waals surface area contributed by atoms with Gasteiger partial charge in [0.2, 0.25) is 5.91 Å². The van der Waals surface area contributed by atoms with E-state index in [2.05, 4.69) is 0 Å². The molecular formula is C14H17ClN4O3. The SMILES string of the molecule is NC(=O)NC(=O)CN1CCN(C(=O)c2cccc(Cl)c2)CC1. The van der Waals surface area contributed by atoms with Crippen molar-refractivity contribution in [3.63, 3.8) is 0 Å². The van der Waals surface area contributed by atoms with Gasteiger partial charge in [-0.1, -0.05) is 17.7 Å². The Morgan fingerprint density at radius 1 is 1.18 bits per heavy atom. The van der Waals surface area contributed by atoms with Crippen molar-refractivity contribution in [1.82, 2.24) is 15.1 Å². The van der Waals surface area contributed by atoms with Gasteiger partial charge >= 0.3 is 6.03 Å². The lowest BCUT2D eigenvalue weighted by Gasteiger charge is -2.34. The van der Waals surface area contributed by atoms with Crippen LogP contribution in [0.4, 0.5) is 4.79 Å². The van der Waals surface area contributed by atoms with Gasteiger partial charge in [-0.25, -0.2) is 4.79 Å². The summed E-state index contributed by atoms with van der Waals surface area (Å²) in [6.45, 7) is 2.21. The van der Waals surface area contributed by atoms with E-state index in [4.69, 9.17) is 17.3 Å². The minimum Gasteiger partial charge on any atom is -0.351 e. The molecule has 1 aromatic carbocycles. The Bertz CT molecular complexity index is 585. The third kappa shape index (κ3) is 4.44. The summed E-state index contributed by atoms with van der Waals surface area (Å²) >= 11 is 5.89. The molecular weight excluding hydrogens is 308 g/mol. The van der Waals surface area contributed by atoms with Gasteiger partial charge in [0.15, 0.2) is 0 Å². The van der Waals surface area contributed by atoms with Crippen LogP contribution in [-0.4, -0.2) is 60.4 Å². The minimum absolute atomic E-state index is 0.0799. The van der Waals surface area contributed by atoms with Crippen LogP contribution in [0.5, 0.6) is 0 Å². The largest absolute Gasteiger partial charge is 0.351 e. The Labute approximate surface area is 133 Å². The standard InChI is InChI=1S/C14H17ClN4O3/c15-11-3-1-2-10(8-11)13(21)19-6-4-18(5-7-19)9-12(20)17-14(16)22/h1-3,8H,4-7,9H2,(H3,16,17,20,22). The van der Waals surface area contributed by atoms with E-state index in [0.29, 0.717) is 36.8 Å². The molecule has 0 aliphatic carbocycles. The van der Waals surface area contributed by atoms with Crippen LogP contribution in [0, 0.1) is 0 Å². The van der Waals surface area contributed by atoms with Crippen LogP contribution in [0.3, 0.4) is 0 Å². The Hall–Kier alpha value is -2.12. The van der Waals surface area contributed by atoms with E-state index in [0.717, 1.165) is 0 Å². The predicted molar refractivity (Wildman–Crippen MR) is 81.5 cm³/mol. The fourth-order valence-corrected chi connectivity index (χ4v) is 2.48. The number of urea groups is 1. The molecule has 1 aliphatic rings. The highest BCUT2D eigenvalue weighted by Gasteiger charge is 2.23. The fourth-order valence-electron chi connectivity index (χ4n) is 2.29. The number of hydrogen-bond acceptors (Lipinski definition) is 4. The molecule has 7 nitrogen and oxygen atoms in total. The molecule has 0 aromatic heterocycles. The molecule has 8 heteroatoms. The zero-order valence-electron chi connectivity index (χ0n) is 11.9. The number of primary amides is 1. The third-order valence-corrected chi connectivity index (χ3v) is 3.60. The van der Waals surface area contributed by atoms with Gasteiger partial charge in [-0.2, -0.15) is 0 Å². The number of halogens is 1. The average molecular weight is 325 g/mol. The number of benzene rings is 1. The highest BCUT2D eigenvalue weighted by atomic mass is 35.5. The molecule has 2 rings (SSSR count). The van der Waals surface area contributed by atoms with E-state index in [-0.39, 0.29) is 12.5 Å². The van der Waals surface area contributed by atoms with Gasteiger partial charge in [-0.05, 0) is 18.2 Å². The summed E-state index contributed by atoms with van der Waals surface area (Å²) in [7, 11) is 0. The molecule has 3 N–H and O–H groups in total. The number of nitrogens with two attached hydrogens (primary N) is 1. The quantitative estimate of drug-likeness (QED) is 0.835. The molecule has 1 saturated heterocycles. The molecule has 0 spiro atoms. The Kier molecular flexibility index (Phi) is 5.35. The van der Waals surface area contributed by atoms with E-state index in [1.807, 2.05) is 10.2 Å². The molecule has 1 fully saturated rings. The molecule has 0 atom stereocenters. The van der Waals surface area contributed by atoms with Crippen molar-refractivity contribution in [2.75, 3.05) is 32.7 Å². The number of piperazine rings is 1. The van der Waals surface area contributed by atoms with Crippen molar-refractivity contribution >= 4 is 29.4 Å². The lowest BCUT2D eigenvalue weighted by Crippen LogP contribution is -2.51. The van der Waals surface area contributed by atoms with E-state index in [1.165, 1.54) is 0 Å². The second-order valence-electron chi connectivity index (χ2n) is 4.99. The second-order valence-corrected chi connectivity index (χ2v) is 5.43. The molecule has 0 bridgehead atoms. The monoisotopic (exact) mass is 324 g/mol. The minimum atomic E-state index is -0.861. The van der Waals surface area contributed by atoms with Crippen LogP contribution in [0.2, 0.25) is 5.02 Å². The van der Waals surface area contributed by atoms with Gasteiger partial charge in [0.1, 0.15) is 0 Å². The summed E-state index contributed by atoms with van der Waals surface area (Å²) in [4.78, 5) is 37.9. The van der Waals surface area contributed by atoms with E-state index >= 15 is 0 Å². The maximum Gasteiger partial charge on any atom is 0.318 e. The molecule has 0 unspecified atom stereocenters. The third-order valence-electron chi connectivity index (χ3n) is 3.36. The van der Waals surface area contributed by atoms with Crippen LogP contribution in [0.15, 0.2) is 24.3 Å². The summed E-state index contributed by atoms with van der Waals surface area (Å²) in [6.07, 6.45) is 0. The summed E-state index contributed by atoms with van der Waals surface area (Å²) in [5, 5.41) is 2.54. The van der Waals surface area contributed by atoms with Crippen LogP contribution in [0.25, 0.3) is 0 Å². The lowest BCUT2D eigenvalue weighted by atomic mass is 10.2. The van der Waals surface area contributed by atoms with Crippen LogP contribution >= 0.6 is 11.6 Å². The van der Waals surface area contributed by atoms with Crippen LogP contribution in [-0.2, 0) is 4.79 Å². The molecule has 0 saturated carbocycles. The maximum absolute atomic E-state index is 12.3.